The van der Waals surface area contributed by atoms with Crippen molar-refractivity contribution in [2.75, 3.05) is 12.3 Å². The number of aryl methyl sites for hydroxylation is 2. The number of benzene rings is 1. The van der Waals surface area contributed by atoms with Crippen LogP contribution in [0.15, 0.2) is 18.2 Å². The molecule has 2 N–H and O–H groups in total. The van der Waals surface area contributed by atoms with Gasteiger partial charge in [0.2, 0.25) is 0 Å². The molecule has 0 aliphatic heterocycles. The van der Waals surface area contributed by atoms with Crippen LogP contribution in [0.1, 0.15) is 18.6 Å². The van der Waals surface area contributed by atoms with Gasteiger partial charge in [-0.05, 0) is 26.8 Å². The van der Waals surface area contributed by atoms with E-state index in [0.717, 1.165) is 23.1 Å². The average molecular weight is 232 g/mol. The van der Waals surface area contributed by atoms with E-state index in [-0.39, 0.29) is 0 Å². The van der Waals surface area contributed by atoms with Crippen LogP contribution in [-0.2, 0) is 0 Å². The summed E-state index contributed by atoms with van der Waals surface area (Å²) in [4.78, 5) is 4.26. The normalized spacial score (nSPS) is 10.5. The molecule has 0 aliphatic carbocycles. The van der Waals surface area contributed by atoms with Crippen LogP contribution in [0.4, 0.5) is 5.69 Å². The number of hydrogen-bond acceptors (Lipinski definition) is 4. The predicted molar refractivity (Wildman–Crippen MR) is 66.4 cm³/mol. The zero-order valence-electron chi connectivity index (χ0n) is 10.3. The molecule has 1 heterocycles. The van der Waals surface area contributed by atoms with Crippen LogP contribution in [0.5, 0.6) is 5.75 Å². The van der Waals surface area contributed by atoms with E-state index in [2.05, 4.69) is 10.1 Å². The monoisotopic (exact) mass is 232 g/mol. The van der Waals surface area contributed by atoms with Crippen LogP contribution in [0, 0.1) is 13.8 Å². The maximum atomic E-state index is 5.84. The van der Waals surface area contributed by atoms with Crippen LogP contribution < -0.4 is 10.5 Å². The van der Waals surface area contributed by atoms with E-state index in [1.165, 1.54) is 0 Å². The number of hydrogen-bond donors (Lipinski definition) is 1. The summed E-state index contributed by atoms with van der Waals surface area (Å²) in [5.41, 5.74) is 7.36. The number of nitrogens with two attached hydrogens (primary N) is 1. The van der Waals surface area contributed by atoms with Gasteiger partial charge in [0.15, 0.2) is 0 Å². The van der Waals surface area contributed by atoms with Crippen LogP contribution >= 0.6 is 0 Å². The first-order valence-corrected chi connectivity index (χ1v) is 5.54. The standard InChI is InChI=1S/C12H16N4O/c1-4-17-12-6-10(13)5-11(7-12)16-9(3)14-8(2)15-16/h5-7H,4,13H2,1-3H3. The molecule has 0 unspecified atom stereocenters. The van der Waals surface area contributed by atoms with Gasteiger partial charge in [-0.15, -0.1) is 0 Å². The van der Waals surface area contributed by atoms with Crippen LogP contribution in [0.25, 0.3) is 5.69 Å². The van der Waals surface area contributed by atoms with E-state index in [1.54, 1.807) is 10.7 Å². The molecule has 90 valence electrons. The highest BCUT2D eigenvalue weighted by molar-refractivity contribution is 5.53. The molecule has 2 rings (SSSR count). The highest BCUT2D eigenvalue weighted by Gasteiger charge is 2.07. The molecule has 0 aliphatic rings. The molecule has 0 saturated carbocycles. The number of rotatable bonds is 3. The van der Waals surface area contributed by atoms with Crippen molar-refractivity contribution in [1.82, 2.24) is 14.8 Å². The fourth-order valence-electron chi connectivity index (χ4n) is 1.74. The summed E-state index contributed by atoms with van der Waals surface area (Å²) in [6.07, 6.45) is 0. The molecule has 0 atom stereocenters. The van der Waals surface area contributed by atoms with Gasteiger partial charge in [0.25, 0.3) is 0 Å². The van der Waals surface area contributed by atoms with Crippen molar-refractivity contribution >= 4 is 5.69 Å². The largest absolute Gasteiger partial charge is 0.494 e. The Morgan fingerprint density at radius 2 is 2.06 bits per heavy atom. The number of ether oxygens (including phenoxy) is 1. The van der Waals surface area contributed by atoms with Gasteiger partial charge in [0.1, 0.15) is 17.4 Å². The second-order valence-corrected chi connectivity index (χ2v) is 3.81. The number of nitrogens with zero attached hydrogens (tertiary/aromatic N) is 3. The summed E-state index contributed by atoms with van der Waals surface area (Å²) in [5.74, 6) is 2.31. The lowest BCUT2D eigenvalue weighted by Gasteiger charge is -2.08. The zero-order valence-corrected chi connectivity index (χ0v) is 10.3. The first-order valence-electron chi connectivity index (χ1n) is 5.54. The SMILES string of the molecule is CCOc1cc(N)cc(-n2nc(C)nc2C)c1. The van der Waals surface area contributed by atoms with Gasteiger partial charge in [-0.1, -0.05) is 0 Å². The zero-order chi connectivity index (χ0) is 12.4. The highest BCUT2D eigenvalue weighted by atomic mass is 16.5. The number of nitrogen functional groups attached to an aromatic ring is 1. The molecule has 0 fully saturated rings. The first-order chi connectivity index (χ1) is 8.10. The summed E-state index contributed by atoms with van der Waals surface area (Å²) >= 11 is 0. The van der Waals surface area contributed by atoms with Crippen molar-refractivity contribution < 1.29 is 4.74 Å². The van der Waals surface area contributed by atoms with Crippen molar-refractivity contribution in [2.45, 2.75) is 20.8 Å². The molecule has 1 aromatic carbocycles. The minimum Gasteiger partial charge on any atom is -0.494 e. The minimum atomic E-state index is 0.609. The Morgan fingerprint density at radius 3 is 2.65 bits per heavy atom. The molecule has 5 nitrogen and oxygen atoms in total. The second-order valence-electron chi connectivity index (χ2n) is 3.81. The first kappa shape index (κ1) is 11.4. The molecular formula is C12H16N4O. The third-order valence-electron chi connectivity index (χ3n) is 2.34. The fraction of sp³-hybridized carbons (Fsp3) is 0.333. The van der Waals surface area contributed by atoms with Gasteiger partial charge < -0.3 is 10.5 Å². The van der Waals surface area contributed by atoms with Gasteiger partial charge in [-0.3, -0.25) is 0 Å². The molecular weight excluding hydrogens is 216 g/mol. The lowest BCUT2D eigenvalue weighted by molar-refractivity contribution is 0.340. The number of aromatic nitrogens is 3. The predicted octanol–water partition coefficient (Wildman–Crippen LogP) is 1.87. The molecule has 0 radical (unpaired) electrons. The Morgan fingerprint density at radius 1 is 1.29 bits per heavy atom. The maximum absolute atomic E-state index is 5.84. The third-order valence-corrected chi connectivity index (χ3v) is 2.34. The Hall–Kier alpha value is -2.04. The summed E-state index contributed by atoms with van der Waals surface area (Å²) in [6, 6.07) is 5.55. The summed E-state index contributed by atoms with van der Waals surface area (Å²) in [6.45, 7) is 6.31. The Bertz CT molecular complexity index is 533. The van der Waals surface area contributed by atoms with E-state index in [1.807, 2.05) is 32.9 Å². The Kier molecular flexibility index (Phi) is 2.99. The maximum Gasteiger partial charge on any atom is 0.148 e. The molecule has 0 amide bonds. The Balaban J connectivity index is 2.48. The van der Waals surface area contributed by atoms with Crippen molar-refractivity contribution in [1.29, 1.82) is 0 Å². The molecule has 0 bridgehead atoms. The molecule has 17 heavy (non-hydrogen) atoms. The van der Waals surface area contributed by atoms with Gasteiger partial charge >= 0.3 is 0 Å². The van der Waals surface area contributed by atoms with E-state index >= 15 is 0 Å². The number of anilines is 1. The van der Waals surface area contributed by atoms with Crippen molar-refractivity contribution in [3.05, 3.63) is 29.8 Å². The lowest BCUT2D eigenvalue weighted by atomic mass is 10.2. The molecule has 1 aromatic heterocycles. The van der Waals surface area contributed by atoms with Crippen molar-refractivity contribution in [3.63, 3.8) is 0 Å². The highest BCUT2D eigenvalue weighted by Crippen LogP contribution is 2.22. The topological polar surface area (TPSA) is 66.0 Å². The average Bonchev–Trinajstić information content (AvgIpc) is 2.57. The van der Waals surface area contributed by atoms with Crippen LogP contribution in [0.3, 0.4) is 0 Å². The summed E-state index contributed by atoms with van der Waals surface area (Å²) in [7, 11) is 0. The van der Waals surface area contributed by atoms with E-state index in [0.29, 0.717) is 12.3 Å². The van der Waals surface area contributed by atoms with Gasteiger partial charge in [-0.2, -0.15) is 5.10 Å². The summed E-state index contributed by atoms with van der Waals surface area (Å²) in [5, 5.41) is 4.32. The van der Waals surface area contributed by atoms with E-state index < -0.39 is 0 Å². The molecule has 0 saturated heterocycles. The lowest BCUT2D eigenvalue weighted by Crippen LogP contribution is -2.02. The van der Waals surface area contributed by atoms with E-state index in [9.17, 15) is 0 Å². The molecule has 5 heteroatoms. The van der Waals surface area contributed by atoms with Crippen LogP contribution in [0.2, 0.25) is 0 Å². The van der Waals surface area contributed by atoms with Crippen molar-refractivity contribution in [3.8, 4) is 11.4 Å². The quantitative estimate of drug-likeness (QED) is 0.820. The minimum absolute atomic E-state index is 0.609. The van der Waals surface area contributed by atoms with Gasteiger partial charge in [0, 0.05) is 17.8 Å². The fourth-order valence-corrected chi connectivity index (χ4v) is 1.74. The second kappa shape index (κ2) is 4.45. The third kappa shape index (κ3) is 2.38. The van der Waals surface area contributed by atoms with Gasteiger partial charge in [-0.25, -0.2) is 9.67 Å². The van der Waals surface area contributed by atoms with E-state index in [4.69, 9.17) is 10.5 Å². The smallest absolute Gasteiger partial charge is 0.148 e. The Labute approximate surface area is 100 Å². The van der Waals surface area contributed by atoms with Gasteiger partial charge in [0.05, 0.1) is 12.3 Å². The molecule has 0 spiro atoms. The van der Waals surface area contributed by atoms with Crippen molar-refractivity contribution in [2.24, 2.45) is 0 Å². The van der Waals surface area contributed by atoms with Crippen LogP contribution in [-0.4, -0.2) is 21.4 Å². The molecule has 2 aromatic rings. The summed E-state index contributed by atoms with van der Waals surface area (Å²) < 4.78 is 7.21.